The van der Waals surface area contributed by atoms with Crippen molar-refractivity contribution in [2.24, 2.45) is 0 Å². The van der Waals surface area contributed by atoms with Gasteiger partial charge in [0.15, 0.2) is 0 Å². The normalized spacial score (nSPS) is 25.0. The molecule has 1 aliphatic carbocycles. The average Bonchev–Trinajstić information content (AvgIpc) is 2.33. The smallest absolute Gasteiger partial charge is 0.100 e. The van der Waals surface area contributed by atoms with E-state index in [0.29, 0.717) is 5.56 Å². The molecule has 0 spiro atoms. The van der Waals surface area contributed by atoms with Crippen molar-refractivity contribution < 1.29 is 5.11 Å². The van der Waals surface area contributed by atoms with Crippen molar-refractivity contribution in [2.75, 3.05) is 0 Å². The number of benzene rings is 1. The summed E-state index contributed by atoms with van der Waals surface area (Å²) >= 11 is 1.65. The van der Waals surface area contributed by atoms with E-state index in [0.717, 1.165) is 24.2 Å². The first-order valence-electron chi connectivity index (χ1n) is 5.65. The van der Waals surface area contributed by atoms with Crippen LogP contribution in [0.2, 0.25) is 0 Å². The van der Waals surface area contributed by atoms with Crippen LogP contribution in [-0.4, -0.2) is 16.5 Å². The van der Waals surface area contributed by atoms with Crippen LogP contribution in [0.1, 0.15) is 31.2 Å². The summed E-state index contributed by atoms with van der Waals surface area (Å²) in [7, 11) is 0. The Kier molecular flexibility index (Phi) is 3.87. The average molecular weight is 233 g/mol. The first-order chi connectivity index (χ1) is 7.81. The van der Waals surface area contributed by atoms with E-state index in [1.165, 1.54) is 6.42 Å². The lowest BCUT2D eigenvalue weighted by Crippen LogP contribution is -2.26. The van der Waals surface area contributed by atoms with Gasteiger partial charge in [0.1, 0.15) is 6.07 Å². The molecule has 1 aromatic rings. The second kappa shape index (κ2) is 5.38. The third-order valence-corrected chi connectivity index (χ3v) is 4.42. The fraction of sp³-hybridized carbons (Fsp3) is 0.462. The predicted octanol–water partition coefficient (Wildman–Crippen LogP) is 2.95. The lowest BCUT2D eigenvalue weighted by atomic mass is 9.97. The molecular formula is C13H15NOS. The Morgan fingerprint density at radius 3 is 2.75 bits per heavy atom. The van der Waals surface area contributed by atoms with E-state index >= 15 is 0 Å². The van der Waals surface area contributed by atoms with Gasteiger partial charge in [0.25, 0.3) is 0 Å². The van der Waals surface area contributed by atoms with Gasteiger partial charge in [-0.05, 0) is 25.0 Å². The second-order valence-corrected chi connectivity index (χ2v) is 5.40. The van der Waals surface area contributed by atoms with Gasteiger partial charge in [-0.25, -0.2) is 0 Å². The van der Waals surface area contributed by atoms with Gasteiger partial charge >= 0.3 is 0 Å². The molecule has 0 radical (unpaired) electrons. The largest absolute Gasteiger partial charge is 0.392 e. The van der Waals surface area contributed by atoms with Crippen molar-refractivity contribution in [3.63, 3.8) is 0 Å². The van der Waals surface area contributed by atoms with Crippen LogP contribution in [-0.2, 0) is 0 Å². The highest BCUT2D eigenvalue weighted by atomic mass is 32.2. The number of nitriles is 1. The summed E-state index contributed by atoms with van der Waals surface area (Å²) in [6.45, 7) is 0. The molecular weight excluding hydrogens is 218 g/mol. The van der Waals surface area contributed by atoms with Crippen molar-refractivity contribution in [1.29, 1.82) is 5.26 Å². The van der Waals surface area contributed by atoms with E-state index in [-0.39, 0.29) is 11.4 Å². The molecule has 1 fully saturated rings. The molecule has 2 unspecified atom stereocenters. The fourth-order valence-corrected chi connectivity index (χ4v) is 3.34. The summed E-state index contributed by atoms with van der Waals surface area (Å²) in [5.74, 6) is 0. The van der Waals surface area contributed by atoms with Crippen LogP contribution < -0.4 is 0 Å². The summed E-state index contributed by atoms with van der Waals surface area (Å²) in [5.41, 5.74) is 0.713. The molecule has 0 amide bonds. The van der Waals surface area contributed by atoms with Gasteiger partial charge < -0.3 is 5.11 Å². The van der Waals surface area contributed by atoms with Crippen LogP contribution >= 0.6 is 11.8 Å². The van der Waals surface area contributed by atoms with E-state index < -0.39 is 0 Å². The Morgan fingerprint density at radius 1 is 1.25 bits per heavy atom. The van der Waals surface area contributed by atoms with E-state index in [2.05, 4.69) is 6.07 Å². The van der Waals surface area contributed by atoms with Crippen molar-refractivity contribution >= 4 is 11.8 Å². The molecule has 1 aliphatic rings. The molecule has 3 heteroatoms. The molecule has 16 heavy (non-hydrogen) atoms. The summed E-state index contributed by atoms with van der Waals surface area (Å²) in [6, 6.07) is 9.81. The number of thioether (sulfide) groups is 1. The van der Waals surface area contributed by atoms with Gasteiger partial charge in [0.05, 0.1) is 11.7 Å². The van der Waals surface area contributed by atoms with Crippen molar-refractivity contribution in [2.45, 2.75) is 41.9 Å². The molecule has 1 aromatic carbocycles. The Morgan fingerprint density at radius 2 is 2.00 bits per heavy atom. The van der Waals surface area contributed by atoms with Crippen LogP contribution in [0, 0.1) is 11.3 Å². The van der Waals surface area contributed by atoms with E-state index in [9.17, 15) is 5.11 Å². The Balaban J connectivity index is 2.11. The highest BCUT2D eigenvalue weighted by molar-refractivity contribution is 8.00. The molecule has 0 aliphatic heterocycles. The summed E-state index contributed by atoms with van der Waals surface area (Å²) < 4.78 is 0. The van der Waals surface area contributed by atoms with Crippen molar-refractivity contribution in [1.82, 2.24) is 0 Å². The maximum Gasteiger partial charge on any atom is 0.100 e. The van der Waals surface area contributed by atoms with Crippen molar-refractivity contribution in [3.05, 3.63) is 29.8 Å². The van der Waals surface area contributed by atoms with Gasteiger partial charge in [0.2, 0.25) is 0 Å². The minimum absolute atomic E-state index is 0.217. The van der Waals surface area contributed by atoms with Gasteiger partial charge in [-0.15, -0.1) is 11.8 Å². The van der Waals surface area contributed by atoms with Crippen LogP contribution in [0.15, 0.2) is 29.2 Å². The van der Waals surface area contributed by atoms with E-state index in [4.69, 9.17) is 5.26 Å². The van der Waals surface area contributed by atoms with Crippen LogP contribution in [0.5, 0.6) is 0 Å². The third-order valence-electron chi connectivity index (χ3n) is 2.95. The summed E-state index contributed by atoms with van der Waals surface area (Å²) in [5, 5.41) is 19.1. The van der Waals surface area contributed by atoms with Gasteiger partial charge in [-0.3, -0.25) is 0 Å². The zero-order valence-corrected chi connectivity index (χ0v) is 9.91. The molecule has 0 saturated heterocycles. The number of aliphatic hydroxyl groups is 1. The number of nitrogens with zero attached hydrogens (tertiary/aromatic N) is 1. The quantitative estimate of drug-likeness (QED) is 0.854. The topological polar surface area (TPSA) is 44.0 Å². The third kappa shape index (κ3) is 2.58. The minimum Gasteiger partial charge on any atom is -0.392 e. The number of rotatable bonds is 2. The van der Waals surface area contributed by atoms with Gasteiger partial charge in [0, 0.05) is 10.1 Å². The highest BCUT2D eigenvalue weighted by Gasteiger charge is 2.24. The van der Waals surface area contributed by atoms with Crippen LogP contribution in [0.3, 0.4) is 0 Å². The molecule has 0 bridgehead atoms. The van der Waals surface area contributed by atoms with E-state index in [1.54, 1.807) is 11.8 Å². The lowest BCUT2D eigenvalue weighted by Gasteiger charge is -2.27. The Labute approximate surface area is 100 Å². The standard InChI is InChI=1S/C13H15NOS/c14-9-10-5-1-3-7-12(10)16-13-8-4-2-6-11(13)15/h1,3,5,7,11,13,15H,2,4,6,8H2. The summed E-state index contributed by atoms with van der Waals surface area (Å²) in [4.78, 5) is 0.996. The first kappa shape index (κ1) is 11.5. The zero-order valence-electron chi connectivity index (χ0n) is 9.10. The number of hydrogen-bond acceptors (Lipinski definition) is 3. The molecule has 1 N–H and O–H groups in total. The van der Waals surface area contributed by atoms with Crippen LogP contribution in [0.25, 0.3) is 0 Å². The SMILES string of the molecule is N#Cc1ccccc1SC1CCCCC1O. The monoisotopic (exact) mass is 233 g/mol. The molecule has 2 rings (SSSR count). The Bertz CT molecular complexity index is 399. The highest BCUT2D eigenvalue weighted by Crippen LogP contribution is 2.35. The van der Waals surface area contributed by atoms with E-state index in [1.807, 2.05) is 24.3 Å². The molecule has 1 saturated carbocycles. The van der Waals surface area contributed by atoms with Gasteiger partial charge in [-0.1, -0.05) is 25.0 Å². The second-order valence-electron chi connectivity index (χ2n) is 4.12. The fourth-order valence-electron chi connectivity index (χ4n) is 2.04. The maximum atomic E-state index is 9.89. The maximum absolute atomic E-state index is 9.89. The first-order valence-corrected chi connectivity index (χ1v) is 6.53. The Hall–Kier alpha value is -0.980. The predicted molar refractivity (Wildman–Crippen MR) is 65.3 cm³/mol. The lowest BCUT2D eigenvalue weighted by molar-refractivity contribution is 0.137. The molecule has 2 nitrogen and oxygen atoms in total. The molecule has 0 heterocycles. The zero-order chi connectivity index (χ0) is 11.4. The molecule has 0 aromatic heterocycles. The number of aliphatic hydroxyl groups excluding tert-OH is 1. The number of hydrogen-bond donors (Lipinski definition) is 1. The minimum atomic E-state index is -0.217. The summed E-state index contributed by atoms with van der Waals surface area (Å²) in [6.07, 6.45) is 4.03. The van der Waals surface area contributed by atoms with Gasteiger partial charge in [-0.2, -0.15) is 5.26 Å². The molecule has 84 valence electrons. The molecule has 2 atom stereocenters. The van der Waals surface area contributed by atoms with Crippen molar-refractivity contribution in [3.8, 4) is 6.07 Å². The van der Waals surface area contributed by atoms with Crippen LogP contribution in [0.4, 0.5) is 0 Å².